The summed E-state index contributed by atoms with van der Waals surface area (Å²) in [5.74, 6) is -2.42. The second-order valence-corrected chi connectivity index (χ2v) is 4.69. The second kappa shape index (κ2) is 5.24. The second-order valence-electron chi connectivity index (χ2n) is 4.69. The largest absolute Gasteiger partial charge is 0.478 e. The van der Waals surface area contributed by atoms with Gasteiger partial charge in [0, 0.05) is 29.2 Å². The number of aryl methyl sites for hydroxylation is 2. The van der Waals surface area contributed by atoms with Crippen LogP contribution in [0.25, 0.3) is 5.69 Å². The Morgan fingerprint density at radius 1 is 0.857 bits per heavy atom. The smallest absolute Gasteiger partial charge is 0.335 e. The van der Waals surface area contributed by atoms with E-state index < -0.39 is 11.9 Å². The zero-order valence-corrected chi connectivity index (χ0v) is 11.5. The predicted molar refractivity (Wildman–Crippen MR) is 75.4 cm³/mol. The van der Waals surface area contributed by atoms with Crippen molar-refractivity contribution in [1.29, 1.82) is 0 Å². The van der Waals surface area contributed by atoms with Crippen molar-refractivity contribution < 1.29 is 19.8 Å². The Hall–Kier alpha value is -2.89. The van der Waals surface area contributed by atoms with Gasteiger partial charge < -0.3 is 14.8 Å². The summed E-state index contributed by atoms with van der Waals surface area (Å²) in [6.07, 6.45) is 0. The number of nitrogens with zero attached hydrogens (tertiary/aromatic N) is 1. The number of hydrogen-bond acceptors (Lipinski definition) is 3. The fraction of sp³-hybridized carbons (Fsp3) is 0.133. The number of hydrogen-bond donors (Lipinski definition) is 2. The Morgan fingerprint density at radius 3 is 1.67 bits per heavy atom. The topological polar surface area (TPSA) is 96.6 Å². The molecule has 0 radical (unpaired) electrons. The monoisotopic (exact) mass is 287 g/mol. The van der Waals surface area contributed by atoms with E-state index in [1.54, 1.807) is 18.4 Å². The Kier molecular flexibility index (Phi) is 3.62. The van der Waals surface area contributed by atoms with Crippen molar-refractivity contribution in [2.45, 2.75) is 13.8 Å². The van der Waals surface area contributed by atoms with Crippen LogP contribution in [0.5, 0.6) is 0 Å². The molecule has 0 unspecified atom stereocenters. The van der Waals surface area contributed by atoms with Gasteiger partial charge in [-0.05, 0) is 32.0 Å². The standard InChI is InChI=1S/C15H13NO5/c1-8-3-13(17)4-9(2)16(8)12-6-10(14(18)19)5-11(7-12)15(20)21/h3-7H,1-2H3,(H,18,19)(H,20,21). The highest BCUT2D eigenvalue weighted by Gasteiger charge is 2.14. The summed E-state index contributed by atoms with van der Waals surface area (Å²) in [6.45, 7) is 3.39. The molecule has 6 nitrogen and oxygen atoms in total. The number of pyridine rings is 1. The fourth-order valence-corrected chi connectivity index (χ4v) is 2.26. The van der Waals surface area contributed by atoms with Crippen LogP contribution in [0.15, 0.2) is 35.1 Å². The molecule has 2 N–H and O–H groups in total. The molecule has 0 aliphatic heterocycles. The molecule has 21 heavy (non-hydrogen) atoms. The van der Waals surface area contributed by atoms with E-state index in [1.807, 2.05) is 0 Å². The molecule has 0 aliphatic carbocycles. The third kappa shape index (κ3) is 2.84. The van der Waals surface area contributed by atoms with E-state index in [1.165, 1.54) is 24.3 Å². The molecule has 0 saturated heterocycles. The average molecular weight is 287 g/mol. The van der Waals surface area contributed by atoms with E-state index in [4.69, 9.17) is 10.2 Å². The van der Waals surface area contributed by atoms with E-state index in [-0.39, 0.29) is 16.6 Å². The molecular formula is C15H13NO5. The van der Waals surface area contributed by atoms with Crippen LogP contribution in [0.2, 0.25) is 0 Å². The lowest BCUT2D eigenvalue weighted by molar-refractivity contribution is 0.0696. The van der Waals surface area contributed by atoms with Crippen LogP contribution in [0.4, 0.5) is 0 Å². The normalized spacial score (nSPS) is 10.4. The summed E-state index contributed by atoms with van der Waals surface area (Å²) in [6, 6.07) is 6.65. The molecule has 0 fully saturated rings. The van der Waals surface area contributed by atoms with E-state index >= 15 is 0 Å². The molecule has 0 bridgehead atoms. The van der Waals surface area contributed by atoms with Gasteiger partial charge in [-0.3, -0.25) is 4.79 Å². The molecule has 2 aromatic rings. The lowest BCUT2D eigenvalue weighted by atomic mass is 10.1. The first-order chi connectivity index (χ1) is 9.79. The van der Waals surface area contributed by atoms with Crippen molar-refractivity contribution in [2.24, 2.45) is 0 Å². The first-order valence-electron chi connectivity index (χ1n) is 6.12. The first kappa shape index (κ1) is 14.5. The molecule has 108 valence electrons. The number of aromatic carboxylic acids is 2. The molecule has 0 aliphatic rings. The van der Waals surface area contributed by atoms with Crippen molar-refractivity contribution in [3.8, 4) is 5.69 Å². The maximum atomic E-state index is 11.4. The summed E-state index contributed by atoms with van der Waals surface area (Å²) in [5, 5.41) is 18.2. The number of carbonyl (C=O) groups is 2. The molecule has 0 amide bonds. The number of rotatable bonds is 3. The Labute approximate surface area is 119 Å². The quantitative estimate of drug-likeness (QED) is 0.898. The van der Waals surface area contributed by atoms with E-state index in [0.29, 0.717) is 17.1 Å². The van der Waals surface area contributed by atoms with Gasteiger partial charge in [-0.1, -0.05) is 0 Å². The van der Waals surface area contributed by atoms with Gasteiger partial charge in [-0.25, -0.2) is 9.59 Å². The molecular weight excluding hydrogens is 274 g/mol. The van der Waals surface area contributed by atoms with Crippen molar-refractivity contribution in [1.82, 2.24) is 4.57 Å². The zero-order valence-electron chi connectivity index (χ0n) is 11.5. The van der Waals surface area contributed by atoms with Crippen molar-refractivity contribution >= 4 is 11.9 Å². The summed E-state index contributed by atoms with van der Waals surface area (Å²) in [7, 11) is 0. The summed E-state index contributed by atoms with van der Waals surface area (Å²) in [5.41, 5.74) is 1.18. The van der Waals surface area contributed by atoms with Gasteiger partial charge in [0.25, 0.3) is 0 Å². The third-order valence-electron chi connectivity index (χ3n) is 3.08. The zero-order chi connectivity index (χ0) is 15.7. The minimum atomic E-state index is -1.21. The van der Waals surface area contributed by atoms with Crippen LogP contribution in [-0.4, -0.2) is 26.7 Å². The average Bonchev–Trinajstić information content (AvgIpc) is 2.36. The van der Waals surface area contributed by atoms with E-state index in [2.05, 4.69) is 0 Å². The molecule has 1 aromatic carbocycles. The van der Waals surface area contributed by atoms with Gasteiger partial charge in [-0.15, -0.1) is 0 Å². The fourth-order valence-electron chi connectivity index (χ4n) is 2.26. The summed E-state index contributed by atoms with van der Waals surface area (Å²) >= 11 is 0. The van der Waals surface area contributed by atoms with Crippen molar-refractivity contribution in [3.63, 3.8) is 0 Å². The number of aromatic nitrogens is 1. The van der Waals surface area contributed by atoms with E-state index in [9.17, 15) is 14.4 Å². The molecule has 6 heteroatoms. The van der Waals surface area contributed by atoms with Crippen LogP contribution >= 0.6 is 0 Å². The summed E-state index contributed by atoms with van der Waals surface area (Å²) in [4.78, 5) is 33.7. The maximum absolute atomic E-state index is 11.4. The van der Waals surface area contributed by atoms with Gasteiger partial charge >= 0.3 is 11.9 Å². The van der Waals surface area contributed by atoms with Gasteiger partial charge in [0.1, 0.15) is 0 Å². The van der Waals surface area contributed by atoms with Gasteiger partial charge in [0.2, 0.25) is 0 Å². The Balaban J connectivity index is 2.77. The van der Waals surface area contributed by atoms with E-state index in [0.717, 1.165) is 6.07 Å². The third-order valence-corrected chi connectivity index (χ3v) is 3.08. The highest BCUT2D eigenvalue weighted by molar-refractivity contribution is 5.94. The Morgan fingerprint density at radius 2 is 1.29 bits per heavy atom. The number of carboxylic acids is 2. The van der Waals surface area contributed by atoms with Crippen LogP contribution in [0.3, 0.4) is 0 Å². The number of carboxylic acid groups (broad SMARTS) is 2. The molecule has 1 heterocycles. The lowest BCUT2D eigenvalue weighted by Crippen LogP contribution is -2.13. The highest BCUT2D eigenvalue weighted by atomic mass is 16.4. The number of benzene rings is 1. The molecule has 2 rings (SSSR count). The molecule has 0 atom stereocenters. The highest BCUT2D eigenvalue weighted by Crippen LogP contribution is 2.18. The summed E-state index contributed by atoms with van der Waals surface area (Å²) < 4.78 is 1.64. The maximum Gasteiger partial charge on any atom is 0.335 e. The minimum absolute atomic E-state index is 0.123. The van der Waals surface area contributed by atoms with Crippen LogP contribution in [0, 0.1) is 13.8 Å². The van der Waals surface area contributed by atoms with Crippen LogP contribution in [0.1, 0.15) is 32.1 Å². The molecule has 0 saturated carbocycles. The minimum Gasteiger partial charge on any atom is -0.478 e. The van der Waals surface area contributed by atoms with Crippen LogP contribution in [-0.2, 0) is 0 Å². The van der Waals surface area contributed by atoms with Gasteiger partial charge in [0.15, 0.2) is 5.43 Å². The Bertz CT molecular complexity index is 746. The first-order valence-corrected chi connectivity index (χ1v) is 6.12. The van der Waals surface area contributed by atoms with Gasteiger partial charge in [-0.2, -0.15) is 0 Å². The van der Waals surface area contributed by atoms with Crippen molar-refractivity contribution in [2.75, 3.05) is 0 Å². The molecule has 1 aromatic heterocycles. The lowest BCUT2D eigenvalue weighted by Gasteiger charge is -2.15. The predicted octanol–water partition coefficient (Wildman–Crippen LogP) is 1.85. The van der Waals surface area contributed by atoms with Crippen molar-refractivity contribution in [3.05, 3.63) is 63.1 Å². The van der Waals surface area contributed by atoms with Crippen LogP contribution < -0.4 is 5.43 Å². The SMILES string of the molecule is Cc1cc(=O)cc(C)n1-c1cc(C(=O)O)cc(C(=O)O)c1. The van der Waals surface area contributed by atoms with Gasteiger partial charge in [0.05, 0.1) is 11.1 Å². The molecule has 0 spiro atoms.